The Kier molecular flexibility index (Phi) is 6.25. The van der Waals surface area contributed by atoms with Crippen LogP contribution in [0.5, 0.6) is 5.75 Å². The van der Waals surface area contributed by atoms with Crippen LogP contribution in [-0.4, -0.2) is 29.1 Å². The van der Waals surface area contributed by atoms with Gasteiger partial charge < -0.3 is 19.6 Å². The first-order valence-electron chi connectivity index (χ1n) is 10.0. The molecular weight excluding hydrogens is 374 g/mol. The zero-order chi connectivity index (χ0) is 21.1. The number of aryl methyl sites for hydroxylation is 1. The number of hydrogen-bond acceptors (Lipinski definition) is 5. The van der Waals surface area contributed by atoms with Gasteiger partial charge in [0.1, 0.15) is 17.4 Å². The van der Waals surface area contributed by atoms with E-state index in [4.69, 9.17) is 9.15 Å². The Bertz CT molecular complexity index is 977. The second-order valence-electron chi connectivity index (χ2n) is 8.00. The molecule has 0 spiro atoms. The summed E-state index contributed by atoms with van der Waals surface area (Å²) >= 11 is 0. The molecule has 7 heteroatoms. The summed E-state index contributed by atoms with van der Waals surface area (Å²) in [7, 11) is 0. The number of aliphatic carboxylic acids is 1. The van der Waals surface area contributed by atoms with Crippen LogP contribution in [0.4, 0.5) is 0 Å². The molecule has 2 atom stereocenters. The molecule has 1 amide bonds. The van der Waals surface area contributed by atoms with Crippen molar-refractivity contribution in [3.8, 4) is 5.75 Å². The van der Waals surface area contributed by atoms with E-state index in [-0.39, 0.29) is 11.5 Å². The zero-order valence-corrected chi connectivity index (χ0v) is 17.0. The van der Waals surface area contributed by atoms with E-state index in [1.807, 2.05) is 19.9 Å². The molecule has 1 aliphatic rings. The van der Waals surface area contributed by atoms with Crippen molar-refractivity contribution in [2.45, 2.75) is 65.0 Å². The highest BCUT2D eigenvalue weighted by Gasteiger charge is 2.25. The molecule has 0 saturated carbocycles. The van der Waals surface area contributed by atoms with Gasteiger partial charge in [0, 0.05) is 17.0 Å². The van der Waals surface area contributed by atoms with E-state index in [9.17, 15) is 19.5 Å². The highest BCUT2D eigenvalue weighted by Crippen LogP contribution is 2.29. The maximum atomic E-state index is 12.4. The van der Waals surface area contributed by atoms with E-state index in [0.29, 0.717) is 17.8 Å². The molecule has 3 rings (SSSR count). The standard InChI is InChI=1S/C22H27NO6/c1-12(2)10-18(21(25)26)23-20(24)13(3)28-14-8-9-16-15-6-4-5-7-17(15)22(27)29-19(16)11-14/h8-9,11-13,18H,4-7,10H2,1-3H3,(H,23,24)(H,25,26). The van der Waals surface area contributed by atoms with Gasteiger partial charge in [0.15, 0.2) is 6.10 Å². The molecule has 0 aliphatic heterocycles. The van der Waals surface area contributed by atoms with Crippen LogP contribution in [0.1, 0.15) is 51.2 Å². The van der Waals surface area contributed by atoms with Gasteiger partial charge in [0.2, 0.25) is 0 Å². The molecule has 1 heterocycles. The number of benzene rings is 1. The fraction of sp³-hybridized carbons (Fsp3) is 0.500. The van der Waals surface area contributed by atoms with Crippen molar-refractivity contribution in [2.24, 2.45) is 5.92 Å². The van der Waals surface area contributed by atoms with Crippen molar-refractivity contribution in [2.75, 3.05) is 0 Å². The van der Waals surface area contributed by atoms with Crippen molar-refractivity contribution >= 4 is 22.8 Å². The Morgan fingerprint density at radius 3 is 2.52 bits per heavy atom. The molecule has 2 N–H and O–H groups in total. The summed E-state index contributed by atoms with van der Waals surface area (Å²) < 4.78 is 11.2. The molecule has 29 heavy (non-hydrogen) atoms. The van der Waals surface area contributed by atoms with Gasteiger partial charge in [-0.2, -0.15) is 0 Å². The summed E-state index contributed by atoms with van der Waals surface area (Å²) in [6.45, 7) is 5.34. The van der Waals surface area contributed by atoms with Gasteiger partial charge >= 0.3 is 11.6 Å². The monoisotopic (exact) mass is 401 g/mol. The maximum absolute atomic E-state index is 12.4. The minimum absolute atomic E-state index is 0.127. The summed E-state index contributed by atoms with van der Waals surface area (Å²) in [6, 6.07) is 4.23. The average molecular weight is 401 g/mol. The first-order valence-corrected chi connectivity index (χ1v) is 10.0. The summed E-state index contributed by atoms with van der Waals surface area (Å²) in [5.41, 5.74) is 1.92. The third-order valence-electron chi connectivity index (χ3n) is 5.20. The third-order valence-corrected chi connectivity index (χ3v) is 5.20. The predicted octanol–water partition coefficient (Wildman–Crippen LogP) is 3.05. The summed E-state index contributed by atoms with van der Waals surface area (Å²) in [5, 5.41) is 12.7. The lowest BCUT2D eigenvalue weighted by atomic mass is 9.91. The van der Waals surface area contributed by atoms with Crippen LogP contribution < -0.4 is 15.7 Å². The van der Waals surface area contributed by atoms with Crippen LogP contribution in [0.25, 0.3) is 11.0 Å². The lowest BCUT2D eigenvalue weighted by Gasteiger charge is -2.20. The largest absolute Gasteiger partial charge is 0.481 e. The molecule has 2 unspecified atom stereocenters. The van der Waals surface area contributed by atoms with Crippen molar-refractivity contribution < 1.29 is 23.8 Å². The number of ether oxygens (including phenoxy) is 1. The van der Waals surface area contributed by atoms with Crippen LogP contribution in [0, 0.1) is 5.92 Å². The van der Waals surface area contributed by atoms with Gasteiger partial charge in [-0.1, -0.05) is 13.8 Å². The first-order chi connectivity index (χ1) is 13.8. The van der Waals surface area contributed by atoms with Gasteiger partial charge in [-0.05, 0) is 62.6 Å². The van der Waals surface area contributed by atoms with Crippen LogP contribution >= 0.6 is 0 Å². The van der Waals surface area contributed by atoms with E-state index in [1.165, 1.54) is 0 Å². The van der Waals surface area contributed by atoms with Crippen molar-refractivity contribution in [1.82, 2.24) is 5.32 Å². The smallest absolute Gasteiger partial charge is 0.339 e. The number of carbonyl (C=O) groups excluding carboxylic acids is 1. The normalized spacial score (nSPS) is 15.6. The lowest BCUT2D eigenvalue weighted by Crippen LogP contribution is -2.46. The molecule has 7 nitrogen and oxygen atoms in total. The van der Waals surface area contributed by atoms with Gasteiger partial charge in [-0.25, -0.2) is 9.59 Å². The average Bonchev–Trinajstić information content (AvgIpc) is 2.67. The number of hydrogen-bond donors (Lipinski definition) is 2. The molecular formula is C22H27NO6. The van der Waals surface area contributed by atoms with E-state index < -0.39 is 24.0 Å². The van der Waals surface area contributed by atoms with Crippen molar-refractivity contribution in [3.63, 3.8) is 0 Å². The number of amides is 1. The number of carboxylic acids is 1. The number of rotatable bonds is 7. The Hall–Kier alpha value is -2.83. The Labute approximate surface area is 169 Å². The van der Waals surface area contributed by atoms with E-state index >= 15 is 0 Å². The molecule has 2 aromatic rings. The lowest BCUT2D eigenvalue weighted by molar-refractivity contribution is -0.143. The number of fused-ring (bicyclic) bond motifs is 3. The molecule has 1 aromatic carbocycles. The van der Waals surface area contributed by atoms with Crippen molar-refractivity contribution in [1.29, 1.82) is 0 Å². The summed E-state index contributed by atoms with van der Waals surface area (Å²) in [5.74, 6) is -1.07. The molecule has 0 fully saturated rings. The van der Waals surface area contributed by atoms with E-state index in [0.717, 1.165) is 42.2 Å². The summed E-state index contributed by atoms with van der Waals surface area (Å²) in [6.07, 6.45) is 3.06. The Balaban J connectivity index is 1.76. The molecule has 1 aromatic heterocycles. The van der Waals surface area contributed by atoms with Crippen LogP contribution in [0.3, 0.4) is 0 Å². The fourth-order valence-corrected chi connectivity index (χ4v) is 3.74. The second kappa shape index (κ2) is 8.68. The predicted molar refractivity (Wildman–Crippen MR) is 108 cm³/mol. The minimum Gasteiger partial charge on any atom is -0.481 e. The minimum atomic E-state index is -1.07. The van der Waals surface area contributed by atoms with E-state index in [1.54, 1.807) is 19.1 Å². The maximum Gasteiger partial charge on any atom is 0.339 e. The summed E-state index contributed by atoms with van der Waals surface area (Å²) in [4.78, 5) is 36.0. The van der Waals surface area contributed by atoms with Crippen LogP contribution in [0.15, 0.2) is 27.4 Å². The molecule has 0 radical (unpaired) electrons. The zero-order valence-electron chi connectivity index (χ0n) is 17.0. The van der Waals surface area contributed by atoms with Crippen molar-refractivity contribution in [3.05, 3.63) is 39.7 Å². The first kappa shape index (κ1) is 20.9. The topological polar surface area (TPSA) is 106 Å². The quantitative estimate of drug-likeness (QED) is 0.691. The fourth-order valence-electron chi connectivity index (χ4n) is 3.74. The van der Waals surface area contributed by atoms with Gasteiger partial charge in [0.25, 0.3) is 5.91 Å². The van der Waals surface area contributed by atoms with Gasteiger partial charge in [-0.15, -0.1) is 0 Å². The third kappa shape index (κ3) is 4.78. The van der Waals surface area contributed by atoms with Gasteiger partial charge in [-0.3, -0.25) is 4.79 Å². The number of carboxylic acid groups (broad SMARTS) is 1. The Morgan fingerprint density at radius 1 is 1.17 bits per heavy atom. The second-order valence-corrected chi connectivity index (χ2v) is 8.00. The Morgan fingerprint density at radius 2 is 1.86 bits per heavy atom. The van der Waals surface area contributed by atoms with E-state index in [2.05, 4.69) is 5.32 Å². The highest BCUT2D eigenvalue weighted by molar-refractivity contribution is 5.86. The van der Waals surface area contributed by atoms with Crippen LogP contribution in [-0.2, 0) is 22.4 Å². The molecule has 0 saturated heterocycles. The molecule has 156 valence electrons. The molecule has 1 aliphatic carbocycles. The number of nitrogens with one attached hydrogen (secondary N) is 1. The highest BCUT2D eigenvalue weighted by atomic mass is 16.5. The van der Waals surface area contributed by atoms with Gasteiger partial charge in [0.05, 0.1) is 0 Å². The number of carbonyl (C=O) groups is 2. The SMILES string of the molecule is CC(C)CC(NC(=O)C(C)Oc1ccc2c3c(c(=O)oc2c1)CCCC3)C(=O)O. The molecule has 0 bridgehead atoms. The van der Waals surface area contributed by atoms with Crippen LogP contribution in [0.2, 0.25) is 0 Å².